The van der Waals surface area contributed by atoms with Crippen LogP contribution in [0, 0.1) is 6.92 Å². The Kier molecular flexibility index (Phi) is 5.21. The maximum absolute atomic E-state index is 12.1. The quantitative estimate of drug-likeness (QED) is 0.784. The summed E-state index contributed by atoms with van der Waals surface area (Å²) in [6, 6.07) is 13.1. The number of carbonyl (C=O) groups is 1. The number of hydrogen-bond acceptors (Lipinski definition) is 1. The Morgan fingerprint density at radius 3 is 2.50 bits per heavy atom. The van der Waals surface area contributed by atoms with Crippen molar-refractivity contribution in [1.29, 1.82) is 0 Å². The maximum atomic E-state index is 12.1. The van der Waals surface area contributed by atoms with Crippen LogP contribution in [0.1, 0.15) is 21.5 Å². The largest absolute Gasteiger partial charge is 0.322 e. The minimum absolute atomic E-state index is 0.127. The molecule has 1 amide bonds. The van der Waals surface area contributed by atoms with Gasteiger partial charge in [0.05, 0.1) is 0 Å². The first-order chi connectivity index (χ1) is 9.60. The normalized spacial score (nSPS) is 10.3. The van der Waals surface area contributed by atoms with E-state index in [4.69, 9.17) is 11.6 Å². The van der Waals surface area contributed by atoms with Crippen molar-refractivity contribution in [3.63, 3.8) is 0 Å². The fraction of sp³-hybridized carbons (Fsp3) is 0.188. The molecule has 20 heavy (non-hydrogen) atoms. The standard InChI is InChI=1S/C16H15BrClNO/c1-11-10-13(4-7-15(11)18)16(20)19-14-5-2-12(3-6-14)8-9-17/h2-7,10H,8-9H2,1H3,(H,19,20). The third-order valence-electron chi connectivity index (χ3n) is 3.02. The molecule has 2 rings (SSSR count). The molecule has 0 atom stereocenters. The summed E-state index contributed by atoms with van der Waals surface area (Å²) >= 11 is 9.36. The summed E-state index contributed by atoms with van der Waals surface area (Å²) in [5.41, 5.74) is 3.53. The summed E-state index contributed by atoms with van der Waals surface area (Å²) in [6.07, 6.45) is 0.977. The summed E-state index contributed by atoms with van der Waals surface area (Å²) < 4.78 is 0. The molecule has 4 heteroatoms. The van der Waals surface area contributed by atoms with Gasteiger partial charge in [-0.15, -0.1) is 0 Å². The van der Waals surface area contributed by atoms with Crippen LogP contribution in [0.3, 0.4) is 0 Å². The molecule has 1 N–H and O–H groups in total. The van der Waals surface area contributed by atoms with E-state index in [1.807, 2.05) is 31.2 Å². The average molecular weight is 353 g/mol. The summed E-state index contributed by atoms with van der Waals surface area (Å²) in [5, 5.41) is 4.48. The molecule has 0 heterocycles. The predicted octanol–water partition coefficient (Wildman–Crippen LogP) is 4.84. The molecule has 0 aliphatic heterocycles. The third-order valence-corrected chi connectivity index (χ3v) is 3.84. The van der Waals surface area contributed by atoms with Gasteiger partial charge in [-0.2, -0.15) is 0 Å². The minimum Gasteiger partial charge on any atom is -0.322 e. The Balaban J connectivity index is 2.08. The van der Waals surface area contributed by atoms with Gasteiger partial charge in [0.25, 0.3) is 5.91 Å². The first-order valence-corrected chi connectivity index (χ1v) is 7.82. The van der Waals surface area contributed by atoms with Gasteiger partial charge in [0, 0.05) is 21.6 Å². The van der Waals surface area contributed by atoms with E-state index in [1.54, 1.807) is 18.2 Å². The summed E-state index contributed by atoms with van der Waals surface area (Å²) in [7, 11) is 0. The Hall–Kier alpha value is -1.32. The number of hydrogen-bond donors (Lipinski definition) is 1. The number of alkyl halides is 1. The molecule has 0 fully saturated rings. The molecule has 0 aliphatic carbocycles. The van der Waals surface area contributed by atoms with E-state index in [9.17, 15) is 4.79 Å². The van der Waals surface area contributed by atoms with Gasteiger partial charge in [-0.1, -0.05) is 39.7 Å². The number of rotatable bonds is 4. The highest BCUT2D eigenvalue weighted by Gasteiger charge is 2.07. The number of anilines is 1. The molecule has 0 spiro atoms. The fourth-order valence-electron chi connectivity index (χ4n) is 1.85. The van der Waals surface area contributed by atoms with E-state index >= 15 is 0 Å². The third kappa shape index (κ3) is 3.84. The first kappa shape index (κ1) is 15.1. The van der Waals surface area contributed by atoms with Gasteiger partial charge in [0.1, 0.15) is 0 Å². The smallest absolute Gasteiger partial charge is 0.255 e. The van der Waals surface area contributed by atoms with Crippen LogP contribution in [-0.2, 0) is 6.42 Å². The van der Waals surface area contributed by atoms with E-state index in [2.05, 4.69) is 21.2 Å². The highest BCUT2D eigenvalue weighted by atomic mass is 79.9. The monoisotopic (exact) mass is 351 g/mol. The van der Waals surface area contributed by atoms with Gasteiger partial charge in [-0.25, -0.2) is 0 Å². The molecule has 0 saturated heterocycles. The van der Waals surface area contributed by atoms with Gasteiger partial charge >= 0.3 is 0 Å². The summed E-state index contributed by atoms with van der Waals surface area (Å²) in [5.74, 6) is -0.127. The van der Waals surface area contributed by atoms with Crippen LogP contribution in [0.4, 0.5) is 5.69 Å². The molecule has 2 aromatic rings. The minimum atomic E-state index is -0.127. The van der Waals surface area contributed by atoms with Crippen LogP contribution in [0.25, 0.3) is 0 Å². The molecule has 0 bridgehead atoms. The summed E-state index contributed by atoms with van der Waals surface area (Å²) in [6.45, 7) is 1.88. The summed E-state index contributed by atoms with van der Waals surface area (Å²) in [4.78, 5) is 12.1. The zero-order valence-electron chi connectivity index (χ0n) is 11.1. The molecule has 104 valence electrons. The van der Waals surface area contributed by atoms with Gasteiger partial charge in [0.2, 0.25) is 0 Å². The Bertz CT molecular complexity index is 610. The van der Waals surface area contributed by atoms with Crippen molar-refractivity contribution in [3.8, 4) is 0 Å². The van der Waals surface area contributed by atoms with E-state index in [0.717, 1.165) is 23.0 Å². The lowest BCUT2D eigenvalue weighted by Crippen LogP contribution is -2.12. The van der Waals surface area contributed by atoms with Crippen molar-refractivity contribution in [2.75, 3.05) is 10.6 Å². The van der Waals surface area contributed by atoms with Crippen LogP contribution < -0.4 is 5.32 Å². The number of carbonyl (C=O) groups excluding carboxylic acids is 1. The highest BCUT2D eigenvalue weighted by Crippen LogP contribution is 2.18. The zero-order chi connectivity index (χ0) is 14.5. The van der Waals surface area contributed by atoms with Crippen molar-refractivity contribution < 1.29 is 4.79 Å². The second kappa shape index (κ2) is 6.91. The van der Waals surface area contributed by atoms with Gasteiger partial charge in [-0.3, -0.25) is 4.79 Å². The zero-order valence-corrected chi connectivity index (χ0v) is 13.5. The van der Waals surface area contributed by atoms with Crippen LogP contribution in [-0.4, -0.2) is 11.2 Å². The van der Waals surface area contributed by atoms with Gasteiger partial charge < -0.3 is 5.32 Å². The molecule has 0 aliphatic rings. The molecular weight excluding hydrogens is 338 g/mol. The number of benzene rings is 2. The van der Waals surface area contributed by atoms with Crippen molar-refractivity contribution in [2.45, 2.75) is 13.3 Å². The van der Waals surface area contributed by atoms with Crippen LogP contribution in [0.2, 0.25) is 5.02 Å². The molecular formula is C16H15BrClNO. The van der Waals surface area contributed by atoms with Gasteiger partial charge in [0.15, 0.2) is 0 Å². The molecule has 2 aromatic carbocycles. The molecule has 2 nitrogen and oxygen atoms in total. The SMILES string of the molecule is Cc1cc(C(=O)Nc2ccc(CCBr)cc2)ccc1Cl. The molecule has 0 unspecified atom stereocenters. The lowest BCUT2D eigenvalue weighted by molar-refractivity contribution is 0.102. The molecule has 0 radical (unpaired) electrons. The van der Waals surface area contributed by atoms with Crippen molar-refractivity contribution in [1.82, 2.24) is 0 Å². The van der Waals surface area contributed by atoms with Crippen molar-refractivity contribution in [3.05, 3.63) is 64.2 Å². The van der Waals surface area contributed by atoms with Crippen LogP contribution in [0.15, 0.2) is 42.5 Å². The highest BCUT2D eigenvalue weighted by molar-refractivity contribution is 9.09. The lowest BCUT2D eigenvalue weighted by atomic mass is 10.1. The van der Waals surface area contributed by atoms with E-state index in [1.165, 1.54) is 5.56 Å². The second-order valence-corrected chi connectivity index (χ2v) is 5.75. The topological polar surface area (TPSA) is 29.1 Å². The van der Waals surface area contributed by atoms with E-state index in [-0.39, 0.29) is 5.91 Å². The van der Waals surface area contributed by atoms with Crippen molar-refractivity contribution >= 4 is 39.1 Å². The van der Waals surface area contributed by atoms with Crippen LogP contribution in [0.5, 0.6) is 0 Å². The average Bonchev–Trinajstić information content (AvgIpc) is 2.44. The van der Waals surface area contributed by atoms with E-state index < -0.39 is 0 Å². The Morgan fingerprint density at radius 2 is 1.90 bits per heavy atom. The first-order valence-electron chi connectivity index (χ1n) is 6.32. The van der Waals surface area contributed by atoms with Gasteiger partial charge in [-0.05, 0) is 54.8 Å². The molecule has 0 aromatic heterocycles. The Morgan fingerprint density at radius 1 is 1.20 bits per heavy atom. The number of amides is 1. The number of nitrogens with one attached hydrogen (secondary N) is 1. The second-order valence-electron chi connectivity index (χ2n) is 4.55. The molecule has 0 saturated carbocycles. The Labute approximate surface area is 132 Å². The van der Waals surface area contributed by atoms with Crippen LogP contribution >= 0.6 is 27.5 Å². The fourth-order valence-corrected chi connectivity index (χ4v) is 2.43. The lowest BCUT2D eigenvalue weighted by Gasteiger charge is -2.07. The predicted molar refractivity (Wildman–Crippen MR) is 88.1 cm³/mol. The van der Waals surface area contributed by atoms with Crippen molar-refractivity contribution in [2.24, 2.45) is 0 Å². The number of aryl methyl sites for hydroxylation is 2. The van der Waals surface area contributed by atoms with E-state index in [0.29, 0.717) is 10.6 Å². The number of halogens is 2. The maximum Gasteiger partial charge on any atom is 0.255 e.